The van der Waals surface area contributed by atoms with Crippen molar-refractivity contribution >= 4 is 10.9 Å². The van der Waals surface area contributed by atoms with Crippen molar-refractivity contribution in [2.24, 2.45) is 5.92 Å². The Morgan fingerprint density at radius 1 is 1.41 bits per heavy atom. The molecule has 0 aliphatic carbocycles. The van der Waals surface area contributed by atoms with Crippen LogP contribution in [0.5, 0.6) is 0 Å². The predicted molar refractivity (Wildman–Crippen MR) is 65.0 cm³/mol. The highest BCUT2D eigenvalue weighted by Gasteiger charge is 2.17. The molecule has 1 aliphatic heterocycles. The van der Waals surface area contributed by atoms with E-state index in [-0.39, 0.29) is 5.56 Å². The first-order valence-corrected chi connectivity index (χ1v) is 5.88. The van der Waals surface area contributed by atoms with Crippen molar-refractivity contribution in [1.29, 1.82) is 0 Å². The number of H-pyrrole nitrogens is 1. The Hall–Kier alpha value is -1.68. The van der Waals surface area contributed by atoms with Gasteiger partial charge in [-0.05, 0) is 24.5 Å². The minimum atomic E-state index is -0.0514. The summed E-state index contributed by atoms with van der Waals surface area (Å²) in [6.45, 7) is 1.60. The van der Waals surface area contributed by atoms with Gasteiger partial charge in [-0.3, -0.25) is 4.79 Å². The minimum Gasteiger partial charge on any atom is -0.381 e. The predicted octanol–water partition coefficient (Wildman–Crippen LogP) is 1.50. The molecular weight excluding hydrogens is 216 g/mol. The van der Waals surface area contributed by atoms with Gasteiger partial charge in [-0.15, -0.1) is 0 Å². The van der Waals surface area contributed by atoms with Gasteiger partial charge in [0.2, 0.25) is 0 Å². The van der Waals surface area contributed by atoms with Gasteiger partial charge < -0.3 is 9.72 Å². The zero-order chi connectivity index (χ0) is 11.7. The van der Waals surface area contributed by atoms with Crippen molar-refractivity contribution in [2.45, 2.75) is 12.8 Å². The quantitative estimate of drug-likeness (QED) is 0.850. The van der Waals surface area contributed by atoms with Gasteiger partial charge in [-0.2, -0.15) is 0 Å². The van der Waals surface area contributed by atoms with Crippen LogP contribution < -0.4 is 5.56 Å². The molecule has 0 bridgehead atoms. The summed E-state index contributed by atoms with van der Waals surface area (Å²) in [6.07, 6.45) is 1.84. The SMILES string of the molecule is O=c1[nH]c(CC2CCOC2)nc2ccccc12. The Morgan fingerprint density at radius 3 is 3.12 bits per heavy atom. The van der Waals surface area contributed by atoms with Crippen LogP contribution in [0.15, 0.2) is 29.1 Å². The molecule has 1 fully saturated rings. The molecule has 17 heavy (non-hydrogen) atoms. The second-order valence-corrected chi connectivity index (χ2v) is 4.46. The lowest BCUT2D eigenvalue weighted by Gasteiger charge is -2.07. The Balaban J connectivity index is 1.97. The largest absolute Gasteiger partial charge is 0.381 e. The average molecular weight is 230 g/mol. The summed E-state index contributed by atoms with van der Waals surface area (Å²) in [6, 6.07) is 7.42. The van der Waals surface area contributed by atoms with E-state index in [0.717, 1.165) is 37.4 Å². The Labute approximate surface area is 98.6 Å². The van der Waals surface area contributed by atoms with Crippen LogP contribution in [0.25, 0.3) is 10.9 Å². The van der Waals surface area contributed by atoms with Gasteiger partial charge in [0.1, 0.15) is 5.82 Å². The fourth-order valence-corrected chi connectivity index (χ4v) is 2.25. The van der Waals surface area contributed by atoms with Crippen LogP contribution in [-0.2, 0) is 11.2 Å². The van der Waals surface area contributed by atoms with Crippen molar-refractivity contribution < 1.29 is 4.74 Å². The zero-order valence-electron chi connectivity index (χ0n) is 9.48. The van der Waals surface area contributed by atoms with E-state index in [1.54, 1.807) is 6.07 Å². The van der Waals surface area contributed by atoms with Crippen LogP contribution >= 0.6 is 0 Å². The van der Waals surface area contributed by atoms with Gasteiger partial charge >= 0.3 is 0 Å². The molecule has 1 atom stereocenters. The van der Waals surface area contributed by atoms with Crippen LogP contribution in [-0.4, -0.2) is 23.2 Å². The van der Waals surface area contributed by atoms with Crippen molar-refractivity contribution in [3.8, 4) is 0 Å². The van der Waals surface area contributed by atoms with Crippen LogP contribution in [0, 0.1) is 5.92 Å². The summed E-state index contributed by atoms with van der Waals surface area (Å²) >= 11 is 0. The smallest absolute Gasteiger partial charge is 0.258 e. The first kappa shape index (κ1) is 10.5. The summed E-state index contributed by atoms with van der Waals surface area (Å²) in [5.41, 5.74) is 0.717. The fraction of sp³-hybridized carbons (Fsp3) is 0.385. The first-order valence-electron chi connectivity index (χ1n) is 5.88. The summed E-state index contributed by atoms with van der Waals surface area (Å²) in [5, 5.41) is 0.652. The Morgan fingerprint density at radius 2 is 2.29 bits per heavy atom. The van der Waals surface area contributed by atoms with E-state index in [0.29, 0.717) is 11.3 Å². The van der Waals surface area contributed by atoms with Crippen molar-refractivity contribution in [3.05, 3.63) is 40.4 Å². The van der Waals surface area contributed by atoms with E-state index in [1.165, 1.54) is 0 Å². The lowest BCUT2D eigenvalue weighted by Crippen LogP contribution is -2.15. The molecule has 0 amide bonds. The Bertz CT molecular complexity index is 585. The number of fused-ring (bicyclic) bond motifs is 1. The second kappa shape index (κ2) is 4.30. The number of aromatic amines is 1. The van der Waals surface area contributed by atoms with Gasteiger partial charge in [0.15, 0.2) is 0 Å². The molecule has 88 valence electrons. The second-order valence-electron chi connectivity index (χ2n) is 4.46. The van der Waals surface area contributed by atoms with E-state index in [4.69, 9.17) is 4.74 Å². The summed E-state index contributed by atoms with van der Waals surface area (Å²) in [5.74, 6) is 1.25. The average Bonchev–Trinajstić information content (AvgIpc) is 2.82. The van der Waals surface area contributed by atoms with Crippen molar-refractivity contribution in [1.82, 2.24) is 9.97 Å². The first-order chi connectivity index (χ1) is 8.33. The van der Waals surface area contributed by atoms with Gasteiger partial charge in [0, 0.05) is 19.6 Å². The van der Waals surface area contributed by atoms with Gasteiger partial charge in [0.25, 0.3) is 5.56 Å². The standard InChI is InChI=1S/C13H14N2O2/c16-13-10-3-1-2-4-11(10)14-12(15-13)7-9-5-6-17-8-9/h1-4,9H,5-8H2,(H,14,15,16). The highest BCUT2D eigenvalue weighted by molar-refractivity contribution is 5.77. The molecule has 0 spiro atoms. The fourth-order valence-electron chi connectivity index (χ4n) is 2.25. The molecule has 1 saturated heterocycles. The third-order valence-electron chi connectivity index (χ3n) is 3.17. The highest BCUT2D eigenvalue weighted by atomic mass is 16.5. The van der Waals surface area contributed by atoms with Crippen molar-refractivity contribution in [2.75, 3.05) is 13.2 Å². The number of nitrogens with one attached hydrogen (secondary N) is 1. The number of ether oxygens (including phenoxy) is 1. The van der Waals surface area contributed by atoms with Gasteiger partial charge in [-0.25, -0.2) is 4.98 Å². The van der Waals surface area contributed by atoms with E-state index >= 15 is 0 Å². The number of para-hydroxylation sites is 1. The minimum absolute atomic E-state index is 0.0514. The molecule has 1 aliphatic rings. The number of hydrogen-bond acceptors (Lipinski definition) is 3. The molecule has 1 unspecified atom stereocenters. The summed E-state index contributed by atoms with van der Waals surface area (Å²) in [4.78, 5) is 19.2. The maximum atomic E-state index is 11.8. The molecule has 4 heteroatoms. The van der Waals surface area contributed by atoms with Crippen molar-refractivity contribution in [3.63, 3.8) is 0 Å². The lowest BCUT2D eigenvalue weighted by molar-refractivity contribution is 0.185. The molecule has 2 heterocycles. The molecule has 1 N–H and O–H groups in total. The molecule has 4 nitrogen and oxygen atoms in total. The van der Waals surface area contributed by atoms with Gasteiger partial charge in [-0.1, -0.05) is 12.1 Å². The molecule has 2 aromatic rings. The summed E-state index contributed by atoms with van der Waals surface area (Å²) < 4.78 is 5.33. The van der Waals surface area contributed by atoms with E-state index < -0.39 is 0 Å². The molecule has 0 radical (unpaired) electrons. The molecule has 3 rings (SSSR count). The van der Waals surface area contributed by atoms with E-state index in [2.05, 4.69) is 9.97 Å². The van der Waals surface area contributed by atoms with Gasteiger partial charge in [0.05, 0.1) is 10.9 Å². The topological polar surface area (TPSA) is 55.0 Å². The highest BCUT2D eigenvalue weighted by Crippen LogP contribution is 2.16. The number of rotatable bonds is 2. The van der Waals surface area contributed by atoms with E-state index in [1.807, 2.05) is 18.2 Å². The molecule has 1 aromatic carbocycles. The van der Waals surface area contributed by atoms with E-state index in [9.17, 15) is 4.79 Å². The third kappa shape index (κ3) is 2.08. The molecule has 1 aromatic heterocycles. The number of nitrogens with zero attached hydrogens (tertiary/aromatic N) is 1. The van der Waals surface area contributed by atoms with Crippen LogP contribution in [0.3, 0.4) is 0 Å². The zero-order valence-corrected chi connectivity index (χ0v) is 9.48. The molecule has 0 saturated carbocycles. The Kier molecular flexibility index (Phi) is 2.65. The maximum Gasteiger partial charge on any atom is 0.258 e. The summed E-state index contributed by atoms with van der Waals surface area (Å²) in [7, 11) is 0. The number of aromatic nitrogens is 2. The normalized spacial score (nSPS) is 19.9. The lowest BCUT2D eigenvalue weighted by atomic mass is 10.0. The van der Waals surface area contributed by atoms with Crippen LogP contribution in [0.2, 0.25) is 0 Å². The number of benzene rings is 1. The monoisotopic (exact) mass is 230 g/mol. The third-order valence-corrected chi connectivity index (χ3v) is 3.17. The molecular formula is C13H14N2O2. The van der Waals surface area contributed by atoms with Crippen LogP contribution in [0.1, 0.15) is 12.2 Å². The van der Waals surface area contributed by atoms with Crippen LogP contribution in [0.4, 0.5) is 0 Å². The maximum absolute atomic E-state index is 11.8. The number of hydrogen-bond donors (Lipinski definition) is 1.